The maximum atomic E-state index is 12.5. The van der Waals surface area contributed by atoms with Crippen LogP contribution in [-0.4, -0.2) is 15.6 Å². The lowest BCUT2D eigenvalue weighted by molar-refractivity contribution is -0.137. The van der Waals surface area contributed by atoms with Gasteiger partial charge in [-0.2, -0.15) is 18.3 Å². The molecule has 0 aliphatic carbocycles. The summed E-state index contributed by atoms with van der Waals surface area (Å²) in [5.41, 5.74) is 5.18. The van der Waals surface area contributed by atoms with Crippen LogP contribution in [0.25, 0.3) is 5.69 Å². The van der Waals surface area contributed by atoms with Crippen LogP contribution in [0.1, 0.15) is 11.1 Å². The van der Waals surface area contributed by atoms with Gasteiger partial charge < -0.3 is 5.73 Å². The van der Waals surface area contributed by atoms with Crippen molar-refractivity contribution in [1.29, 1.82) is 5.41 Å². The molecule has 7 heteroatoms. The van der Waals surface area contributed by atoms with Crippen molar-refractivity contribution in [2.45, 2.75) is 6.18 Å². The molecule has 0 saturated carbocycles. The number of nitrogens with two attached hydrogens (primary N) is 1. The largest absolute Gasteiger partial charge is 0.419 e. The minimum atomic E-state index is -4.44. The zero-order valence-electron chi connectivity index (χ0n) is 9.07. The number of nitrogens with zero attached hydrogens (tertiary/aromatic N) is 2. The van der Waals surface area contributed by atoms with E-state index < -0.39 is 11.7 Å². The molecule has 0 aliphatic heterocycles. The SMILES string of the molecule is N=C(N)c1ccccc1-n1cc(C(F)(F)F)cn1. The van der Waals surface area contributed by atoms with E-state index in [1.807, 2.05) is 0 Å². The maximum Gasteiger partial charge on any atom is 0.419 e. The Morgan fingerprint density at radius 1 is 1.28 bits per heavy atom. The number of amidine groups is 1. The van der Waals surface area contributed by atoms with E-state index in [0.717, 1.165) is 17.1 Å². The molecule has 1 heterocycles. The zero-order chi connectivity index (χ0) is 13.3. The lowest BCUT2D eigenvalue weighted by Crippen LogP contribution is -2.14. The van der Waals surface area contributed by atoms with Crippen LogP contribution in [0, 0.1) is 5.41 Å². The molecule has 94 valence electrons. The van der Waals surface area contributed by atoms with Gasteiger partial charge in [-0.1, -0.05) is 12.1 Å². The summed E-state index contributed by atoms with van der Waals surface area (Å²) in [5, 5.41) is 11.0. The van der Waals surface area contributed by atoms with Gasteiger partial charge >= 0.3 is 6.18 Å². The number of aromatic nitrogens is 2. The summed E-state index contributed by atoms with van der Waals surface area (Å²) in [5.74, 6) is -0.227. The molecule has 0 unspecified atom stereocenters. The van der Waals surface area contributed by atoms with Gasteiger partial charge in [0.05, 0.1) is 17.4 Å². The maximum absolute atomic E-state index is 12.5. The van der Waals surface area contributed by atoms with Crippen LogP contribution in [0.2, 0.25) is 0 Å². The second kappa shape index (κ2) is 4.17. The van der Waals surface area contributed by atoms with Gasteiger partial charge in [-0.3, -0.25) is 5.41 Å². The van der Waals surface area contributed by atoms with Crippen LogP contribution in [-0.2, 0) is 6.18 Å². The minimum absolute atomic E-state index is 0.227. The molecule has 0 saturated heterocycles. The molecule has 0 atom stereocenters. The van der Waals surface area contributed by atoms with Crippen molar-refractivity contribution < 1.29 is 13.2 Å². The molecule has 4 nitrogen and oxygen atoms in total. The molecule has 1 aromatic heterocycles. The van der Waals surface area contributed by atoms with Gasteiger partial charge in [0.1, 0.15) is 5.84 Å². The van der Waals surface area contributed by atoms with E-state index in [0.29, 0.717) is 11.3 Å². The van der Waals surface area contributed by atoms with Gasteiger partial charge in [-0.25, -0.2) is 4.68 Å². The summed E-state index contributed by atoms with van der Waals surface area (Å²) in [6, 6.07) is 6.38. The monoisotopic (exact) mass is 254 g/mol. The predicted octanol–water partition coefficient (Wildman–Crippen LogP) is 2.18. The van der Waals surface area contributed by atoms with Crippen molar-refractivity contribution in [1.82, 2.24) is 9.78 Å². The van der Waals surface area contributed by atoms with Crippen LogP contribution in [0.5, 0.6) is 0 Å². The Hall–Kier alpha value is -2.31. The van der Waals surface area contributed by atoms with Gasteiger partial charge in [0, 0.05) is 11.8 Å². The van der Waals surface area contributed by atoms with E-state index in [1.54, 1.807) is 24.3 Å². The van der Waals surface area contributed by atoms with Crippen molar-refractivity contribution in [3.05, 3.63) is 47.8 Å². The van der Waals surface area contributed by atoms with E-state index in [-0.39, 0.29) is 5.84 Å². The predicted molar refractivity (Wildman–Crippen MR) is 59.6 cm³/mol. The first kappa shape index (κ1) is 12.2. The molecule has 0 amide bonds. The Morgan fingerprint density at radius 3 is 2.50 bits per heavy atom. The first-order valence-electron chi connectivity index (χ1n) is 4.95. The third-order valence-corrected chi connectivity index (χ3v) is 2.35. The molecule has 0 bridgehead atoms. The molecular formula is C11H9F3N4. The second-order valence-corrected chi connectivity index (χ2v) is 3.60. The normalized spacial score (nSPS) is 11.5. The van der Waals surface area contributed by atoms with Crippen LogP contribution >= 0.6 is 0 Å². The standard InChI is InChI=1S/C11H9F3N4/c12-11(13,14)7-5-17-18(6-7)9-4-2-1-3-8(9)10(15)16/h1-6H,(H3,15,16). The van der Waals surface area contributed by atoms with Gasteiger partial charge in [0.25, 0.3) is 0 Å². The molecule has 2 aromatic rings. The van der Waals surface area contributed by atoms with Gasteiger partial charge in [-0.05, 0) is 12.1 Å². The summed E-state index contributed by atoms with van der Waals surface area (Å²) >= 11 is 0. The number of benzene rings is 1. The topological polar surface area (TPSA) is 67.7 Å². The molecule has 3 N–H and O–H groups in total. The molecule has 1 aromatic carbocycles. The van der Waals surface area contributed by atoms with Crippen LogP contribution in [0.4, 0.5) is 13.2 Å². The average Bonchev–Trinajstić information content (AvgIpc) is 2.77. The number of nitrogens with one attached hydrogen (secondary N) is 1. The number of alkyl halides is 3. The van der Waals surface area contributed by atoms with Gasteiger partial charge in [-0.15, -0.1) is 0 Å². The van der Waals surface area contributed by atoms with E-state index >= 15 is 0 Å². The first-order chi connectivity index (χ1) is 8.39. The summed E-state index contributed by atoms with van der Waals surface area (Å²) in [6.45, 7) is 0. The van der Waals surface area contributed by atoms with Crippen molar-refractivity contribution in [2.24, 2.45) is 5.73 Å². The number of hydrogen-bond acceptors (Lipinski definition) is 2. The molecule has 2 rings (SSSR count). The smallest absolute Gasteiger partial charge is 0.384 e. The number of halogens is 3. The Morgan fingerprint density at radius 2 is 1.94 bits per heavy atom. The molecule has 0 fully saturated rings. The first-order valence-corrected chi connectivity index (χ1v) is 4.95. The van der Waals surface area contributed by atoms with Crippen LogP contribution in [0.15, 0.2) is 36.7 Å². The molecule has 0 spiro atoms. The summed E-state index contributed by atoms with van der Waals surface area (Å²) in [7, 11) is 0. The Bertz CT molecular complexity index is 586. The fourth-order valence-electron chi connectivity index (χ4n) is 1.50. The lowest BCUT2D eigenvalue weighted by Gasteiger charge is -2.07. The summed E-state index contributed by atoms with van der Waals surface area (Å²) < 4.78 is 38.4. The van der Waals surface area contributed by atoms with E-state index in [1.165, 1.54) is 0 Å². The Kier molecular flexibility index (Phi) is 2.82. The number of hydrogen-bond donors (Lipinski definition) is 2. The fourth-order valence-corrected chi connectivity index (χ4v) is 1.50. The Labute approximate surface area is 100 Å². The minimum Gasteiger partial charge on any atom is -0.384 e. The highest BCUT2D eigenvalue weighted by molar-refractivity contribution is 5.98. The molecule has 0 aliphatic rings. The van der Waals surface area contributed by atoms with E-state index in [2.05, 4.69) is 5.10 Å². The molecule has 0 radical (unpaired) electrons. The third kappa shape index (κ3) is 2.20. The highest BCUT2D eigenvalue weighted by atomic mass is 19.4. The Balaban J connectivity index is 2.50. The third-order valence-electron chi connectivity index (χ3n) is 2.35. The quantitative estimate of drug-likeness (QED) is 0.637. The number of nitrogen functional groups attached to an aromatic ring is 1. The second-order valence-electron chi connectivity index (χ2n) is 3.60. The lowest BCUT2D eigenvalue weighted by atomic mass is 10.1. The highest BCUT2D eigenvalue weighted by Crippen LogP contribution is 2.29. The summed E-state index contributed by atoms with van der Waals surface area (Å²) in [4.78, 5) is 0. The van der Waals surface area contributed by atoms with Crippen molar-refractivity contribution in [3.8, 4) is 5.69 Å². The van der Waals surface area contributed by atoms with E-state index in [9.17, 15) is 13.2 Å². The van der Waals surface area contributed by atoms with Crippen molar-refractivity contribution in [2.75, 3.05) is 0 Å². The molecule has 18 heavy (non-hydrogen) atoms. The van der Waals surface area contributed by atoms with Gasteiger partial charge in [0.15, 0.2) is 0 Å². The molecular weight excluding hydrogens is 245 g/mol. The van der Waals surface area contributed by atoms with Gasteiger partial charge in [0.2, 0.25) is 0 Å². The zero-order valence-corrected chi connectivity index (χ0v) is 9.07. The van der Waals surface area contributed by atoms with E-state index in [4.69, 9.17) is 11.1 Å². The summed E-state index contributed by atoms with van der Waals surface area (Å²) in [6.07, 6.45) is -2.85. The van der Waals surface area contributed by atoms with Crippen molar-refractivity contribution >= 4 is 5.84 Å². The van der Waals surface area contributed by atoms with Crippen molar-refractivity contribution in [3.63, 3.8) is 0 Å². The highest BCUT2D eigenvalue weighted by Gasteiger charge is 2.32. The number of para-hydroxylation sites is 1. The average molecular weight is 254 g/mol. The van der Waals surface area contributed by atoms with Crippen LogP contribution < -0.4 is 5.73 Å². The fraction of sp³-hybridized carbons (Fsp3) is 0.0909. The number of rotatable bonds is 2. The van der Waals surface area contributed by atoms with Crippen LogP contribution in [0.3, 0.4) is 0 Å².